The zero-order valence-electron chi connectivity index (χ0n) is 13.2. The van der Waals surface area contributed by atoms with E-state index in [1.807, 2.05) is 20.0 Å². The largest absolute Gasteiger partial charge is 0.369 e. The molecule has 0 atom stereocenters. The number of aryl methyl sites for hydroxylation is 2. The molecule has 0 amide bonds. The summed E-state index contributed by atoms with van der Waals surface area (Å²) in [5.74, 6) is 1.52. The Hall–Kier alpha value is -1.72. The predicted octanol–water partition coefficient (Wildman–Crippen LogP) is 3.27. The molecule has 0 aliphatic rings. The Morgan fingerprint density at radius 2 is 2.10 bits per heavy atom. The molecular weight excluding hydrogens is 274 g/mol. The SMILES string of the molecule is C=C(/C(=C/c1nc(CCC)n(C)n1)CC)N(C)CC(F)F. The van der Waals surface area contributed by atoms with E-state index in [2.05, 4.69) is 23.6 Å². The minimum absolute atomic E-state index is 0.326. The first-order chi connectivity index (χ1) is 9.88. The highest BCUT2D eigenvalue weighted by atomic mass is 19.3. The maximum absolute atomic E-state index is 12.5. The third kappa shape index (κ3) is 4.95. The Balaban J connectivity index is 2.92. The summed E-state index contributed by atoms with van der Waals surface area (Å²) in [7, 11) is 3.48. The highest BCUT2D eigenvalue weighted by Gasteiger charge is 2.13. The second kappa shape index (κ2) is 7.90. The third-order valence-corrected chi connectivity index (χ3v) is 3.27. The standard InChI is InChI=1S/C15H24F2N4/c1-6-8-15-18-14(19-21(15)5)9-12(7-2)11(3)20(4)10-13(16)17/h9,13H,3,6-8,10H2,1-2,4-5H3/b12-9+. The van der Waals surface area contributed by atoms with Crippen molar-refractivity contribution in [3.05, 3.63) is 29.5 Å². The van der Waals surface area contributed by atoms with Crippen LogP contribution >= 0.6 is 0 Å². The lowest BCUT2D eigenvalue weighted by Gasteiger charge is -2.22. The average Bonchev–Trinajstić information content (AvgIpc) is 2.75. The smallest absolute Gasteiger partial charge is 0.255 e. The molecule has 0 fully saturated rings. The topological polar surface area (TPSA) is 34.0 Å². The molecular formula is C15H24F2N4. The van der Waals surface area contributed by atoms with Gasteiger partial charge in [0.15, 0.2) is 5.82 Å². The van der Waals surface area contributed by atoms with Gasteiger partial charge in [0.2, 0.25) is 0 Å². The van der Waals surface area contributed by atoms with E-state index in [4.69, 9.17) is 0 Å². The van der Waals surface area contributed by atoms with Crippen LogP contribution in [0.25, 0.3) is 6.08 Å². The van der Waals surface area contributed by atoms with Gasteiger partial charge < -0.3 is 4.90 Å². The van der Waals surface area contributed by atoms with Crippen molar-refractivity contribution in [2.45, 2.75) is 39.5 Å². The molecule has 6 heteroatoms. The monoisotopic (exact) mass is 298 g/mol. The number of hydrogen-bond acceptors (Lipinski definition) is 3. The minimum Gasteiger partial charge on any atom is -0.369 e. The first kappa shape index (κ1) is 17.3. The van der Waals surface area contributed by atoms with Crippen molar-refractivity contribution in [1.29, 1.82) is 0 Å². The molecule has 0 spiro atoms. The molecule has 1 aromatic rings. The minimum atomic E-state index is -2.38. The molecule has 0 aliphatic heterocycles. The van der Waals surface area contributed by atoms with Gasteiger partial charge in [-0.15, -0.1) is 0 Å². The lowest BCUT2D eigenvalue weighted by Crippen LogP contribution is -2.24. The van der Waals surface area contributed by atoms with E-state index in [-0.39, 0.29) is 6.54 Å². The van der Waals surface area contributed by atoms with E-state index in [0.29, 0.717) is 17.9 Å². The molecule has 0 unspecified atom stereocenters. The fourth-order valence-corrected chi connectivity index (χ4v) is 2.05. The second-order valence-corrected chi connectivity index (χ2v) is 5.00. The maximum atomic E-state index is 12.5. The van der Waals surface area contributed by atoms with Crippen molar-refractivity contribution in [3.8, 4) is 0 Å². The number of rotatable bonds is 8. The highest BCUT2D eigenvalue weighted by molar-refractivity contribution is 5.52. The first-order valence-corrected chi connectivity index (χ1v) is 7.18. The molecule has 0 radical (unpaired) electrons. The normalized spacial score (nSPS) is 12.0. The lowest BCUT2D eigenvalue weighted by molar-refractivity contribution is 0.114. The Morgan fingerprint density at radius 3 is 2.62 bits per heavy atom. The van der Waals surface area contributed by atoms with Gasteiger partial charge in [0.1, 0.15) is 5.82 Å². The van der Waals surface area contributed by atoms with Crippen LogP contribution in [0.5, 0.6) is 0 Å². The van der Waals surface area contributed by atoms with Crippen molar-refractivity contribution in [2.24, 2.45) is 7.05 Å². The van der Waals surface area contributed by atoms with Gasteiger partial charge in [0.05, 0.1) is 6.54 Å². The van der Waals surface area contributed by atoms with Crippen LogP contribution in [0.3, 0.4) is 0 Å². The molecule has 0 bridgehead atoms. The summed E-state index contributed by atoms with van der Waals surface area (Å²) < 4.78 is 26.7. The molecule has 118 valence electrons. The second-order valence-electron chi connectivity index (χ2n) is 5.00. The van der Waals surface area contributed by atoms with Crippen LogP contribution in [-0.4, -0.2) is 39.7 Å². The number of aromatic nitrogens is 3. The summed E-state index contributed by atoms with van der Waals surface area (Å²) in [6.45, 7) is 7.62. The fraction of sp³-hybridized carbons (Fsp3) is 0.600. The van der Waals surface area contributed by atoms with Crippen LogP contribution in [0.1, 0.15) is 38.3 Å². The zero-order valence-corrected chi connectivity index (χ0v) is 13.2. The summed E-state index contributed by atoms with van der Waals surface area (Å²) >= 11 is 0. The van der Waals surface area contributed by atoms with Crippen molar-refractivity contribution in [1.82, 2.24) is 19.7 Å². The molecule has 1 heterocycles. The number of allylic oxidation sites excluding steroid dienone is 1. The van der Waals surface area contributed by atoms with E-state index in [1.54, 1.807) is 11.7 Å². The number of halogens is 2. The maximum Gasteiger partial charge on any atom is 0.255 e. The van der Waals surface area contributed by atoms with Crippen LogP contribution in [0, 0.1) is 0 Å². The van der Waals surface area contributed by atoms with E-state index >= 15 is 0 Å². The highest BCUT2D eigenvalue weighted by Crippen LogP contribution is 2.19. The molecule has 0 aliphatic carbocycles. The summed E-state index contributed by atoms with van der Waals surface area (Å²) in [4.78, 5) is 5.93. The lowest BCUT2D eigenvalue weighted by atomic mass is 10.1. The van der Waals surface area contributed by atoms with Gasteiger partial charge >= 0.3 is 0 Å². The molecule has 4 nitrogen and oxygen atoms in total. The Bertz CT molecular complexity index is 506. The van der Waals surface area contributed by atoms with Gasteiger partial charge in [-0.25, -0.2) is 13.8 Å². The van der Waals surface area contributed by atoms with Gasteiger partial charge in [0.25, 0.3) is 6.43 Å². The molecule has 1 aromatic heterocycles. The number of nitrogens with zero attached hydrogens (tertiary/aromatic N) is 4. The van der Waals surface area contributed by atoms with Crippen molar-refractivity contribution in [2.75, 3.05) is 13.6 Å². The van der Waals surface area contributed by atoms with Crippen LogP contribution in [0.15, 0.2) is 17.8 Å². The van der Waals surface area contributed by atoms with Gasteiger partial charge in [-0.3, -0.25) is 4.68 Å². The van der Waals surface area contributed by atoms with Gasteiger partial charge in [-0.1, -0.05) is 20.4 Å². The quantitative estimate of drug-likeness (QED) is 0.691. The van der Waals surface area contributed by atoms with Gasteiger partial charge in [-0.05, 0) is 24.5 Å². The van der Waals surface area contributed by atoms with Crippen molar-refractivity contribution < 1.29 is 8.78 Å². The third-order valence-electron chi connectivity index (χ3n) is 3.27. The van der Waals surface area contributed by atoms with Gasteiger partial charge in [0, 0.05) is 26.2 Å². The average molecular weight is 298 g/mol. The van der Waals surface area contributed by atoms with Gasteiger partial charge in [-0.2, -0.15) is 5.10 Å². The Labute approximate surface area is 125 Å². The molecule has 1 rings (SSSR count). The van der Waals surface area contributed by atoms with Crippen molar-refractivity contribution >= 4 is 6.08 Å². The van der Waals surface area contributed by atoms with Crippen LogP contribution in [-0.2, 0) is 13.5 Å². The van der Waals surface area contributed by atoms with E-state index in [1.165, 1.54) is 4.90 Å². The zero-order chi connectivity index (χ0) is 16.0. The summed E-state index contributed by atoms with van der Waals surface area (Å²) in [6.07, 6.45) is 2.00. The Morgan fingerprint density at radius 1 is 1.43 bits per heavy atom. The van der Waals surface area contributed by atoms with Crippen LogP contribution < -0.4 is 0 Å². The molecule has 21 heavy (non-hydrogen) atoms. The fourth-order valence-electron chi connectivity index (χ4n) is 2.05. The number of hydrogen-bond donors (Lipinski definition) is 0. The summed E-state index contributed by atoms with van der Waals surface area (Å²) in [5, 5.41) is 4.34. The predicted molar refractivity (Wildman–Crippen MR) is 81.0 cm³/mol. The van der Waals surface area contributed by atoms with E-state index in [0.717, 1.165) is 24.2 Å². The van der Waals surface area contributed by atoms with E-state index in [9.17, 15) is 8.78 Å². The van der Waals surface area contributed by atoms with Crippen LogP contribution in [0.4, 0.5) is 8.78 Å². The number of likely N-dealkylation sites (N-methyl/N-ethyl adjacent to an activating group) is 1. The van der Waals surface area contributed by atoms with E-state index < -0.39 is 6.43 Å². The first-order valence-electron chi connectivity index (χ1n) is 7.18. The van der Waals surface area contributed by atoms with Crippen molar-refractivity contribution in [3.63, 3.8) is 0 Å². The Kier molecular flexibility index (Phi) is 6.52. The number of alkyl halides is 2. The van der Waals surface area contributed by atoms with Crippen LogP contribution in [0.2, 0.25) is 0 Å². The summed E-state index contributed by atoms with van der Waals surface area (Å²) in [5.41, 5.74) is 1.45. The molecule has 0 aromatic carbocycles. The molecule has 0 saturated heterocycles. The molecule has 0 N–H and O–H groups in total. The molecule has 0 saturated carbocycles. The summed E-state index contributed by atoms with van der Waals surface area (Å²) in [6, 6.07) is 0.